The third-order valence-electron chi connectivity index (χ3n) is 1.93. The van der Waals surface area contributed by atoms with Crippen LogP contribution in [0.2, 0.25) is 5.02 Å². The van der Waals surface area contributed by atoms with Crippen LogP contribution in [0.4, 0.5) is 0 Å². The van der Waals surface area contributed by atoms with E-state index < -0.39 is 0 Å². The molecule has 0 amide bonds. The Balaban J connectivity index is 1.96. The first-order valence-electron chi connectivity index (χ1n) is 4.76. The third-order valence-corrected chi connectivity index (χ3v) is 3.17. The molecule has 0 aliphatic heterocycles. The summed E-state index contributed by atoms with van der Waals surface area (Å²) in [5.74, 6) is 2.19. The van der Waals surface area contributed by atoms with Crippen LogP contribution < -0.4 is 5.73 Å². The first kappa shape index (κ1) is 11.4. The molecule has 2 aromatic rings. The Morgan fingerprint density at radius 1 is 1.44 bits per heavy atom. The van der Waals surface area contributed by atoms with Crippen LogP contribution in [-0.4, -0.2) is 15.2 Å². The summed E-state index contributed by atoms with van der Waals surface area (Å²) in [4.78, 5) is 5.33. The maximum Gasteiger partial charge on any atom is 0.164 e. The number of halogens is 1. The zero-order valence-electron chi connectivity index (χ0n) is 8.48. The third kappa shape index (κ3) is 2.98. The van der Waals surface area contributed by atoms with Crippen molar-refractivity contribution in [2.45, 2.75) is 17.2 Å². The molecule has 16 heavy (non-hydrogen) atoms. The van der Waals surface area contributed by atoms with Crippen LogP contribution in [0, 0.1) is 0 Å². The van der Waals surface area contributed by atoms with E-state index in [-0.39, 0.29) is 0 Å². The van der Waals surface area contributed by atoms with Crippen LogP contribution >= 0.6 is 23.4 Å². The summed E-state index contributed by atoms with van der Waals surface area (Å²) in [6, 6.07) is 7.71. The lowest BCUT2D eigenvalue weighted by atomic mass is 10.4. The predicted molar refractivity (Wildman–Crippen MR) is 65.3 cm³/mol. The summed E-state index contributed by atoms with van der Waals surface area (Å²) in [6.07, 6.45) is 0. The molecule has 6 heteroatoms. The molecule has 1 heterocycles. The molecule has 84 valence electrons. The second-order valence-corrected chi connectivity index (χ2v) is 4.63. The van der Waals surface area contributed by atoms with Gasteiger partial charge in [-0.15, -0.1) is 11.8 Å². The fourth-order valence-electron chi connectivity index (χ4n) is 1.20. The molecule has 0 saturated heterocycles. The van der Waals surface area contributed by atoms with Gasteiger partial charge in [-0.25, -0.2) is 4.98 Å². The lowest BCUT2D eigenvalue weighted by Gasteiger charge is -1.99. The Hall–Kier alpha value is -1.04. The lowest BCUT2D eigenvalue weighted by molar-refractivity contribution is 0.916. The molecule has 0 saturated carbocycles. The fourth-order valence-corrected chi connectivity index (χ4v) is 2.27. The minimum atomic E-state index is 0.359. The largest absolute Gasteiger partial charge is 0.324 e. The van der Waals surface area contributed by atoms with Crippen molar-refractivity contribution in [3.8, 4) is 0 Å². The molecule has 0 fully saturated rings. The highest BCUT2D eigenvalue weighted by Crippen LogP contribution is 2.23. The average molecular weight is 255 g/mol. The number of nitrogens with zero attached hydrogens (tertiary/aromatic N) is 2. The number of aromatic nitrogens is 3. The normalized spacial score (nSPS) is 10.6. The molecule has 1 aromatic heterocycles. The van der Waals surface area contributed by atoms with Crippen molar-refractivity contribution < 1.29 is 0 Å². The van der Waals surface area contributed by atoms with Crippen molar-refractivity contribution in [2.75, 3.05) is 0 Å². The summed E-state index contributed by atoms with van der Waals surface area (Å²) < 4.78 is 0. The second-order valence-electron chi connectivity index (χ2n) is 3.15. The van der Waals surface area contributed by atoms with Gasteiger partial charge >= 0.3 is 0 Å². The molecule has 0 bridgehead atoms. The number of H-pyrrole nitrogens is 1. The Kier molecular flexibility index (Phi) is 3.82. The minimum Gasteiger partial charge on any atom is -0.324 e. The van der Waals surface area contributed by atoms with E-state index in [0.717, 1.165) is 21.5 Å². The number of nitrogens with one attached hydrogen (secondary N) is 1. The number of thioether (sulfide) groups is 1. The van der Waals surface area contributed by atoms with Crippen molar-refractivity contribution in [1.29, 1.82) is 0 Å². The monoisotopic (exact) mass is 254 g/mol. The molecule has 0 unspecified atom stereocenters. The van der Waals surface area contributed by atoms with Crippen LogP contribution in [0.5, 0.6) is 0 Å². The number of benzene rings is 1. The van der Waals surface area contributed by atoms with Crippen LogP contribution in [0.25, 0.3) is 0 Å². The second kappa shape index (κ2) is 5.34. The van der Waals surface area contributed by atoms with Gasteiger partial charge in [0.1, 0.15) is 5.82 Å². The molecule has 4 nitrogen and oxygen atoms in total. The van der Waals surface area contributed by atoms with Crippen molar-refractivity contribution in [2.24, 2.45) is 5.73 Å². The Bertz CT molecular complexity index is 471. The molecule has 1 aromatic carbocycles. The standard InChI is InChI=1S/C10H11ClN4S/c11-7-2-1-3-8(4-7)16-6-10-13-9(5-12)14-15-10/h1-4H,5-6,12H2,(H,13,14,15). The van der Waals surface area contributed by atoms with E-state index >= 15 is 0 Å². The highest BCUT2D eigenvalue weighted by Gasteiger charge is 2.02. The van der Waals surface area contributed by atoms with Gasteiger partial charge in [0, 0.05) is 9.92 Å². The number of hydrogen-bond donors (Lipinski definition) is 2. The summed E-state index contributed by atoms with van der Waals surface area (Å²) in [5, 5.41) is 7.55. The molecule has 0 spiro atoms. The van der Waals surface area contributed by atoms with E-state index in [1.807, 2.05) is 24.3 Å². The SMILES string of the molecule is NCc1n[nH]c(CSc2cccc(Cl)c2)n1. The van der Waals surface area contributed by atoms with Gasteiger partial charge in [0.2, 0.25) is 0 Å². The lowest BCUT2D eigenvalue weighted by Crippen LogP contribution is -1.98. The molecular formula is C10H11ClN4S. The summed E-state index contributed by atoms with van der Waals surface area (Å²) in [5.41, 5.74) is 5.42. The van der Waals surface area contributed by atoms with E-state index in [4.69, 9.17) is 17.3 Å². The van der Waals surface area contributed by atoms with E-state index in [1.165, 1.54) is 0 Å². The molecule has 0 atom stereocenters. The van der Waals surface area contributed by atoms with E-state index in [1.54, 1.807) is 11.8 Å². The summed E-state index contributed by atoms with van der Waals surface area (Å²) in [7, 11) is 0. The van der Waals surface area contributed by atoms with Crippen LogP contribution in [-0.2, 0) is 12.3 Å². The first-order valence-corrected chi connectivity index (χ1v) is 6.13. The Labute approximate surface area is 103 Å². The van der Waals surface area contributed by atoms with Gasteiger partial charge in [-0.1, -0.05) is 17.7 Å². The highest BCUT2D eigenvalue weighted by atomic mass is 35.5. The molecule has 3 N–H and O–H groups in total. The zero-order valence-corrected chi connectivity index (χ0v) is 10.1. The molecular weight excluding hydrogens is 244 g/mol. The highest BCUT2D eigenvalue weighted by molar-refractivity contribution is 7.98. The predicted octanol–water partition coefficient (Wildman–Crippen LogP) is 2.21. The molecule has 2 rings (SSSR count). The van der Waals surface area contributed by atoms with Crippen LogP contribution in [0.1, 0.15) is 11.6 Å². The number of nitrogens with two attached hydrogens (primary N) is 1. The van der Waals surface area contributed by atoms with E-state index in [2.05, 4.69) is 15.2 Å². The zero-order chi connectivity index (χ0) is 11.4. The van der Waals surface area contributed by atoms with Crippen molar-refractivity contribution >= 4 is 23.4 Å². The van der Waals surface area contributed by atoms with Gasteiger partial charge in [-0.3, -0.25) is 5.10 Å². The number of hydrogen-bond acceptors (Lipinski definition) is 4. The Morgan fingerprint density at radius 2 is 2.31 bits per heavy atom. The van der Waals surface area contributed by atoms with Gasteiger partial charge < -0.3 is 5.73 Å². The molecule has 0 aliphatic rings. The maximum atomic E-state index is 5.89. The van der Waals surface area contributed by atoms with Gasteiger partial charge in [-0.2, -0.15) is 5.10 Å². The Morgan fingerprint density at radius 3 is 3.00 bits per heavy atom. The van der Waals surface area contributed by atoms with Gasteiger partial charge in [0.05, 0.1) is 12.3 Å². The van der Waals surface area contributed by atoms with E-state index in [9.17, 15) is 0 Å². The topological polar surface area (TPSA) is 67.6 Å². The fraction of sp³-hybridized carbons (Fsp3) is 0.200. The minimum absolute atomic E-state index is 0.359. The van der Waals surface area contributed by atoms with Crippen LogP contribution in [0.15, 0.2) is 29.2 Å². The van der Waals surface area contributed by atoms with E-state index in [0.29, 0.717) is 12.4 Å². The van der Waals surface area contributed by atoms with Crippen molar-refractivity contribution in [1.82, 2.24) is 15.2 Å². The van der Waals surface area contributed by atoms with Gasteiger partial charge in [-0.05, 0) is 18.2 Å². The maximum absolute atomic E-state index is 5.89. The van der Waals surface area contributed by atoms with Gasteiger partial charge in [0.15, 0.2) is 5.82 Å². The molecule has 0 aliphatic carbocycles. The first-order chi connectivity index (χ1) is 7.78. The smallest absolute Gasteiger partial charge is 0.164 e. The average Bonchev–Trinajstić information content (AvgIpc) is 2.74. The van der Waals surface area contributed by atoms with Crippen molar-refractivity contribution in [3.63, 3.8) is 0 Å². The molecule has 0 radical (unpaired) electrons. The van der Waals surface area contributed by atoms with Crippen molar-refractivity contribution in [3.05, 3.63) is 40.9 Å². The number of aromatic amines is 1. The summed E-state index contributed by atoms with van der Waals surface area (Å²) >= 11 is 7.54. The number of rotatable bonds is 4. The summed E-state index contributed by atoms with van der Waals surface area (Å²) in [6.45, 7) is 0.359. The quantitative estimate of drug-likeness (QED) is 0.821. The van der Waals surface area contributed by atoms with Crippen LogP contribution in [0.3, 0.4) is 0 Å². The van der Waals surface area contributed by atoms with Gasteiger partial charge in [0.25, 0.3) is 0 Å².